The number of nitrogens with zero attached hydrogens (tertiary/aromatic N) is 2. The average molecular weight is 318 g/mol. The van der Waals surface area contributed by atoms with Crippen molar-refractivity contribution >= 4 is 18.1 Å². The topological polar surface area (TPSA) is 56.5 Å². The molecule has 0 radical (unpaired) electrons. The van der Waals surface area contributed by atoms with Gasteiger partial charge in [0.2, 0.25) is 0 Å². The molecular formula is C13H11ClF3N3O. The van der Waals surface area contributed by atoms with Crippen LogP contribution >= 0.6 is 12.4 Å². The van der Waals surface area contributed by atoms with E-state index in [9.17, 15) is 13.2 Å². The van der Waals surface area contributed by atoms with Gasteiger partial charge in [-0.25, -0.2) is 4.98 Å². The maximum Gasteiger partial charge on any atom is 0.420 e. The number of aromatic nitrogens is 2. The summed E-state index contributed by atoms with van der Waals surface area (Å²) < 4.78 is 45.7. The second-order valence-electron chi connectivity index (χ2n) is 4.32. The molecule has 3 aromatic rings. The van der Waals surface area contributed by atoms with Crippen molar-refractivity contribution in [2.24, 2.45) is 5.73 Å². The minimum absolute atomic E-state index is 0. The number of furan rings is 1. The van der Waals surface area contributed by atoms with Gasteiger partial charge in [-0.15, -0.1) is 12.4 Å². The van der Waals surface area contributed by atoms with E-state index in [0.29, 0.717) is 16.8 Å². The lowest BCUT2D eigenvalue weighted by molar-refractivity contribution is -0.136. The van der Waals surface area contributed by atoms with Crippen molar-refractivity contribution in [3.8, 4) is 11.1 Å². The van der Waals surface area contributed by atoms with Crippen LogP contribution < -0.4 is 5.73 Å². The zero-order chi connectivity index (χ0) is 14.3. The molecule has 3 aromatic heterocycles. The molecular weight excluding hydrogens is 307 g/mol. The highest BCUT2D eigenvalue weighted by molar-refractivity contribution is 5.85. The van der Waals surface area contributed by atoms with Crippen LogP contribution in [0, 0.1) is 0 Å². The number of imidazole rings is 1. The van der Waals surface area contributed by atoms with Gasteiger partial charge in [0.15, 0.2) is 0 Å². The highest BCUT2D eigenvalue weighted by atomic mass is 35.5. The van der Waals surface area contributed by atoms with E-state index in [0.717, 1.165) is 6.07 Å². The number of alkyl halides is 3. The largest absolute Gasteiger partial charge is 0.472 e. The number of pyridine rings is 1. The van der Waals surface area contributed by atoms with Gasteiger partial charge in [-0.1, -0.05) is 0 Å². The molecule has 0 amide bonds. The summed E-state index contributed by atoms with van der Waals surface area (Å²) in [5.41, 5.74) is 5.86. The Bertz CT molecular complexity index is 750. The molecule has 0 aliphatic heterocycles. The molecule has 3 heterocycles. The third kappa shape index (κ3) is 2.74. The quantitative estimate of drug-likeness (QED) is 0.787. The summed E-state index contributed by atoms with van der Waals surface area (Å²) in [5.74, 6) is 0. The van der Waals surface area contributed by atoms with E-state index in [-0.39, 0.29) is 24.6 Å². The molecule has 0 spiro atoms. The minimum Gasteiger partial charge on any atom is -0.472 e. The summed E-state index contributed by atoms with van der Waals surface area (Å²) in [6.45, 7) is 0.0834. The van der Waals surface area contributed by atoms with Crippen molar-refractivity contribution in [3.05, 3.63) is 48.3 Å². The van der Waals surface area contributed by atoms with Crippen molar-refractivity contribution in [1.29, 1.82) is 0 Å². The molecule has 8 heteroatoms. The van der Waals surface area contributed by atoms with E-state index in [1.807, 2.05) is 0 Å². The van der Waals surface area contributed by atoms with Gasteiger partial charge in [-0.3, -0.25) is 0 Å². The smallest absolute Gasteiger partial charge is 0.420 e. The summed E-state index contributed by atoms with van der Waals surface area (Å²) in [5, 5.41) is 0. The molecule has 0 fully saturated rings. The zero-order valence-electron chi connectivity index (χ0n) is 10.6. The van der Waals surface area contributed by atoms with Crippen LogP contribution in [-0.4, -0.2) is 9.38 Å². The van der Waals surface area contributed by atoms with Crippen molar-refractivity contribution in [2.45, 2.75) is 12.7 Å². The highest BCUT2D eigenvalue weighted by Gasteiger charge is 2.34. The monoisotopic (exact) mass is 317 g/mol. The Labute approximate surface area is 123 Å². The molecule has 21 heavy (non-hydrogen) atoms. The first-order valence-corrected chi connectivity index (χ1v) is 5.80. The van der Waals surface area contributed by atoms with Crippen LogP contribution in [0.4, 0.5) is 13.2 Å². The fourth-order valence-corrected chi connectivity index (χ4v) is 2.04. The molecule has 0 unspecified atom stereocenters. The maximum atomic E-state index is 13.1. The highest BCUT2D eigenvalue weighted by Crippen LogP contribution is 2.35. The first-order chi connectivity index (χ1) is 9.49. The van der Waals surface area contributed by atoms with E-state index >= 15 is 0 Å². The van der Waals surface area contributed by atoms with Gasteiger partial charge in [-0.05, 0) is 12.1 Å². The predicted octanol–water partition coefficient (Wildman–Crippen LogP) is 3.49. The SMILES string of the molecule is Cl.NCc1cn2cc(-c3ccoc3)cc(C(F)(F)F)c2n1. The van der Waals surface area contributed by atoms with E-state index in [4.69, 9.17) is 10.2 Å². The lowest BCUT2D eigenvalue weighted by Gasteiger charge is -2.10. The Morgan fingerprint density at radius 1 is 1.24 bits per heavy atom. The van der Waals surface area contributed by atoms with Gasteiger partial charge in [0.05, 0.1) is 23.8 Å². The van der Waals surface area contributed by atoms with Gasteiger partial charge in [0, 0.05) is 30.1 Å². The molecule has 0 atom stereocenters. The summed E-state index contributed by atoms with van der Waals surface area (Å²) in [6, 6.07) is 2.66. The molecule has 112 valence electrons. The van der Waals surface area contributed by atoms with E-state index in [1.165, 1.54) is 23.1 Å². The third-order valence-electron chi connectivity index (χ3n) is 2.97. The van der Waals surface area contributed by atoms with Gasteiger partial charge < -0.3 is 14.6 Å². The van der Waals surface area contributed by atoms with E-state index < -0.39 is 11.7 Å². The van der Waals surface area contributed by atoms with E-state index in [1.54, 1.807) is 12.3 Å². The summed E-state index contributed by atoms with van der Waals surface area (Å²) in [4.78, 5) is 3.91. The molecule has 0 saturated carbocycles. The molecule has 0 aliphatic carbocycles. The van der Waals surface area contributed by atoms with Crippen LogP contribution in [0.25, 0.3) is 16.8 Å². The fraction of sp³-hybridized carbons (Fsp3) is 0.154. The zero-order valence-corrected chi connectivity index (χ0v) is 11.4. The number of hydrogen-bond donors (Lipinski definition) is 1. The van der Waals surface area contributed by atoms with Crippen LogP contribution in [-0.2, 0) is 12.7 Å². The average Bonchev–Trinajstić information content (AvgIpc) is 3.04. The van der Waals surface area contributed by atoms with Crippen LogP contribution in [0.5, 0.6) is 0 Å². The Balaban J connectivity index is 0.00000161. The molecule has 3 rings (SSSR count). The van der Waals surface area contributed by atoms with Crippen molar-refractivity contribution in [3.63, 3.8) is 0 Å². The first kappa shape index (κ1) is 15.4. The molecule has 4 nitrogen and oxygen atoms in total. The van der Waals surface area contributed by atoms with Gasteiger partial charge >= 0.3 is 6.18 Å². The first-order valence-electron chi connectivity index (χ1n) is 5.80. The summed E-state index contributed by atoms with van der Waals surface area (Å²) in [7, 11) is 0. The lowest BCUT2D eigenvalue weighted by Crippen LogP contribution is -2.08. The van der Waals surface area contributed by atoms with Crippen molar-refractivity contribution in [1.82, 2.24) is 9.38 Å². The fourth-order valence-electron chi connectivity index (χ4n) is 2.04. The molecule has 0 aromatic carbocycles. The van der Waals surface area contributed by atoms with Crippen LogP contribution in [0.15, 0.2) is 41.5 Å². The number of nitrogens with two attached hydrogens (primary N) is 1. The number of rotatable bonds is 2. The Morgan fingerprint density at radius 2 is 2.00 bits per heavy atom. The van der Waals surface area contributed by atoms with E-state index in [2.05, 4.69) is 4.98 Å². The lowest BCUT2D eigenvalue weighted by atomic mass is 10.1. The van der Waals surface area contributed by atoms with Crippen molar-refractivity contribution in [2.75, 3.05) is 0 Å². The minimum atomic E-state index is -4.49. The van der Waals surface area contributed by atoms with Crippen LogP contribution in [0.2, 0.25) is 0 Å². The Morgan fingerprint density at radius 3 is 2.57 bits per heavy atom. The maximum absolute atomic E-state index is 13.1. The normalized spacial score (nSPS) is 11.6. The molecule has 2 N–H and O–H groups in total. The number of fused-ring (bicyclic) bond motifs is 1. The second kappa shape index (κ2) is 5.42. The van der Waals surface area contributed by atoms with Gasteiger partial charge in [0.1, 0.15) is 5.65 Å². The van der Waals surface area contributed by atoms with Gasteiger partial charge in [0.25, 0.3) is 0 Å². The van der Waals surface area contributed by atoms with Crippen molar-refractivity contribution < 1.29 is 17.6 Å². The summed E-state index contributed by atoms with van der Waals surface area (Å²) in [6.07, 6.45) is 1.38. The van der Waals surface area contributed by atoms with Gasteiger partial charge in [-0.2, -0.15) is 13.2 Å². The summed E-state index contributed by atoms with van der Waals surface area (Å²) >= 11 is 0. The standard InChI is InChI=1S/C13H10F3N3O.ClH/c14-13(15,16)11-3-9(8-1-2-20-7-8)5-19-6-10(4-17)18-12(11)19;/h1-3,5-7H,4,17H2;1H. The molecule has 0 aliphatic rings. The Hall–Kier alpha value is -1.99. The molecule has 0 saturated heterocycles. The predicted molar refractivity (Wildman–Crippen MR) is 73.0 cm³/mol. The number of hydrogen-bond acceptors (Lipinski definition) is 3. The van der Waals surface area contributed by atoms with Crippen LogP contribution in [0.1, 0.15) is 11.3 Å². The molecule has 0 bridgehead atoms. The number of halogens is 4. The van der Waals surface area contributed by atoms with Crippen LogP contribution in [0.3, 0.4) is 0 Å². The third-order valence-corrected chi connectivity index (χ3v) is 2.97. The Kier molecular flexibility index (Phi) is 3.97. The second-order valence-corrected chi connectivity index (χ2v) is 4.32.